The van der Waals surface area contributed by atoms with Crippen molar-refractivity contribution in [3.05, 3.63) is 78.2 Å². The Bertz CT molecular complexity index is 2360. The zero-order valence-electron chi connectivity index (χ0n) is 33.6. The lowest BCUT2D eigenvalue weighted by Crippen LogP contribution is -2.52. The van der Waals surface area contributed by atoms with Crippen LogP contribution in [0.2, 0.25) is 0 Å². The number of carbonyl (C=O) groups is 3. The summed E-state index contributed by atoms with van der Waals surface area (Å²) in [4.78, 5) is 54.0. The molecule has 2 saturated carbocycles. The van der Waals surface area contributed by atoms with Crippen LogP contribution in [0.1, 0.15) is 79.8 Å². The number of benzene rings is 2. The van der Waals surface area contributed by atoms with Crippen LogP contribution in [0.4, 0.5) is 22.0 Å². The minimum absolute atomic E-state index is 0.214. The van der Waals surface area contributed by atoms with Gasteiger partial charge in [0.15, 0.2) is 11.5 Å². The van der Waals surface area contributed by atoms with Crippen LogP contribution in [0.5, 0.6) is 5.75 Å². The van der Waals surface area contributed by atoms with Crippen molar-refractivity contribution in [2.75, 3.05) is 62.3 Å². The topological polar surface area (TPSA) is 168 Å². The van der Waals surface area contributed by atoms with Gasteiger partial charge in [-0.2, -0.15) is 9.61 Å². The van der Waals surface area contributed by atoms with E-state index in [-0.39, 0.29) is 23.9 Å². The molecule has 5 aromatic rings. The average Bonchev–Trinajstić information content (AvgIpc) is 3.89. The third-order valence-corrected chi connectivity index (χ3v) is 13.0. The number of rotatable bonds is 10. The first-order valence-corrected chi connectivity index (χ1v) is 21.1. The maximum absolute atomic E-state index is 13.4. The number of nitrogens with two attached hydrogens (primary N) is 1. The molecule has 0 spiro atoms. The predicted molar refractivity (Wildman–Crippen MR) is 228 cm³/mol. The van der Waals surface area contributed by atoms with Crippen LogP contribution in [0.25, 0.3) is 16.6 Å². The van der Waals surface area contributed by atoms with Gasteiger partial charge in [-0.15, -0.1) is 0 Å². The molecule has 59 heavy (non-hydrogen) atoms. The molecule has 5 heterocycles. The third kappa shape index (κ3) is 8.13. The number of ether oxygens (including phenoxy) is 1. The van der Waals surface area contributed by atoms with E-state index in [9.17, 15) is 14.4 Å². The molecule has 4 N–H and O–H groups in total. The molecule has 0 atom stereocenters. The van der Waals surface area contributed by atoms with Crippen LogP contribution >= 0.6 is 0 Å². The van der Waals surface area contributed by atoms with Gasteiger partial charge in [0.2, 0.25) is 5.91 Å². The summed E-state index contributed by atoms with van der Waals surface area (Å²) >= 11 is 0. The summed E-state index contributed by atoms with van der Waals surface area (Å²) in [5, 5.41) is 10.7. The van der Waals surface area contributed by atoms with E-state index in [1.165, 1.54) is 20.0 Å². The Balaban J connectivity index is 0.728. The molecular weight excluding hydrogens is 747 g/mol. The second kappa shape index (κ2) is 16.8. The normalized spacial score (nSPS) is 23.6. The molecule has 9 rings (SSSR count). The van der Waals surface area contributed by atoms with E-state index >= 15 is 0 Å². The number of nitrogens with zero attached hydrogens (tertiary/aromatic N) is 8. The van der Waals surface area contributed by atoms with Crippen LogP contribution < -0.4 is 26.0 Å². The number of carbonyl (C=O) groups excluding carboxylic acids is 3. The highest BCUT2D eigenvalue weighted by Gasteiger charge is 2.32. The number of nitrogen functional groups attached to an aromatic ring is 1. The second-order valence-corrected chi connectivity index (χ2v) is 16.5. The molecular formula is C44H53N11O4. The highest BCUT2D eigenvalue weighted by molar-refractivity contribution is 6.10. The first kappa shape index (κ1) is 38.7. The summed E-state index contributed by atoms with van der Waals surface area (Å²) in [7, 11) is 1.52. The molecule has 2 aliphatic heterocycles. The Morgan fingerprint density at radius 1 is 0.966 bits per heavy atom. The number of urea groups is 1. The molecule has 15 heteroatoms. The summed E-state index contributed by atoms with van der Waals surface area (Å²) < 4.78 is 9.50. The van der Waals surface area contributed by atoms with Crippen molar-refractivity contribution >= 4 is 57.8 Å². The maximum Gasteiger partial charge on any atom is 0.328 e. The van der Waals surface area contributed by atoms with Crippen LogP contribution in [-0.2, 0) is 4.79 Å². The van der Waals surface area contributed by atoms with Gasteiger partial charge in [-0.1, -0.05) is 6.07 Å². The Morgan fingerprint density at radius 2 is 1.76 bits per heavy atom. The minimum Gasteiger partial charge on any atom is -0.496 e. The predicted octanol–water partition coefficient (Wildman–Crippen LogP) is 5.75. The Labute approximate surface area is 343 Å². The molecule has 4 fully saturated rings. The number of fused-ring (bicyclic) bond motifs is 2. The number of piperazine rings is 1. The number of methoxy groups -OCH3 is 1. The van der Waals surface area contributed by atoms with E-state index in [1.54, 1.807) is 40.0 Å². The van der Waals surface area contributed by atoms with Gasteiger partial charge in [-0.3, -0.25) is 29.7 Å². The number of aromatic nitrogens is 4. The summed E-state index contributed by atoms with van der Waals surface area (Å²) in [5.74, 6) is 0.973. The van der Waals surface area contributed by atoms with Gasteiger partial charge in [0.1, 0.15) is 5.75 Å². The van der Waals surface area contributed by atoms with E-state index in [4.69, 9.17) is 15.5 Å². The summed E-state index contributed by atoms with van der Waals surface area (Å²) in [5.41, 5.74) is 10.6. The molecule has 15 nitrogen and oxygen atoms in total. The number of anilines is 3. The van der Waals surface area contributed by atoms with Gasteiger partial charge in [-0.05, 0) is 93.7 Å². The van der Waals surface area contributed by atoms with E-state index in [0.717, 1.165) is 87.8 Å². The van der Waals surface area contributed by atoms with Crippen molar-refractivity contribution in [2.24, 2.45) is 10.9 Å². The fourth-order valence-corrected chi connectivity index (χ4v) is 9.73. The number of aliphatic imine (C=N–C) groups is 1. The summed E-state index contributed by atoms with van der Waals surface area (Å²) in [6, 6.07) is 16.3. The third-order valence-electron chi connectivity index (χ3n) is 13.0. The van der Waals surface area contributed by atoms with Crippen molar-refractivity contribution in [3.8, 4) is 5.75 Å². The SMILES string of the molecule is COc1cc(N)c(C=NC2CCC(CN3CCN(C4CCC(n5ccc6c(N7CCC(=O)NC7=O)cccc65)CC4)CC3)CC2)cc1C(=O)Nc1cnc2cccnn12. The quantitative estimate of drug-likeness (QED) is 0.118. The first-order valence-electron chi connectivity index (χ1n) is 21.1. The van der Waals surface area contributed by atoms with Crippen molar-refractivity contribution < 1.29 is 19.1 Å². The number of hydrogen-bond acceptors (Lipinski definition) is 10. The molecule has 2 aliphatic carbocycles. The minimum atomic E-state index is -0.345. The molecule has 0 bridgehead atoms. The molecule has 0 radical (unpaired) electrons. The fourth-order valence-electron chi connectivity index (χ4n) is 9.73. The van der Waals surface area contributed by atoms with Gasteiger partial charge in [0.05, 0.1) is 30.1 Å². The van der Waals surface area contributed by atoms with E-state index in [0.29, 0.717) is 65.0 Å². The van der Waals surface area contributed by atoms with Crippen LogP contribution in [0.3, 0.4) is 0 Å². The van der Waals surface area contributed by atoms with Crippen LogP contribution in [0.15, 0.2) is 72.1 Å². The van der Waals surface area contributed by atoms with E-state index < -0.39 is 0 Å². The number of nitrogens with one attached hydrogen (secondary N) is 2. The van der Waals surface area contributed by atoms with Gasteiger partial charge in [0.25, 0.3) is 5.91 Å². The number of imidazole rings is 1. The molecule has 4 amide bonds. The molecule has 308 valence electrons. The Kier molecular flexibility index (Phi) is 11.0. The fraction of sp³-hybridized carbons (Fsp3) is 0.455. The van der Waals surface area contributed by atoms with E-state index in [2.05, 4.69) is 53.4 Å². The molecule has 3 aromatic heterocycles. The van der Waals surface area contributed by atoms with Gasteiger partial charge >= 0.3 is 6.03 Å². The number of imide groups is 1. The Morgan fingerprint density at radius 3 is 2.54 bits per heavy atom. The van der Waals surface area contributed by atoms with Gasteiger partial charge < -0.3 is 25.3 Å². The monoisotopic (exact) mass is 799 g/mol. The lowest BCUT2D eigenvalue weighted by atomic mass is 9.85. The van der Waals surface area contributed by atoms with Crippen LogP contribution in [0, 0.1) is 5.92 Å². The molecule has 0 unspecified atom stereocenters. The van der Waals surface area contributed by atoms with Crippen molar-refractivity contribution in [3.63, 3.8) is 0 Å². The first-order chi connectivity index (χ1) is 28.8. The highest BCUT2D eigenvalue weighted by Crippen LogP contribution is 2.37. The average molecular weight is 800 g/mol. The smallest absolute Gasteiger partial charge is 0.328 e. The summed E-state index contributed by atoms with van der Waals surface area (Å²) in [6.45, 7) is 6.07. The Hall–Kier alpha value is -5.80. The van der Waals surface area contributed by atoms with Crippen molar-refractivity contribution in [1.29, 1.82) is 0 Å². The zero-order valence-corrected chi connectivity index (χ0v) is 33.6. The molecule has 2 aromatic carbocycles. The van der Waals surface area contributed by atoms with E-state index in [1.807, 2.05) is 24.4 Å². The summed E-state index contributed by atoms with van der Waals surface area (Å²) in [6.07, 6.45) is 16.6. The lowest BCUT2D eigenvalue weighted by molar-refractivity contribution is -0.120. The second-order valence-electron chi connectivity index (χ2n) is 16.5. The van der Waals surface area contributed by atoms with Crippen molar-refractivity contribution in [2.45, 2.75) is 75.9 Å². The number of hydrogen-bond donors (Lipinski definition) is 3. The van der Waals surface area contributed by atoms with Crippen molar-refractivity contribution in [1.82, 2.24) is 34.3 Å². The lowest BCUT2D eigenvalue weighted by Gasteiger charge is -2.43. The number of amides is 4. The zero-order chi connectivity index (χ0) is 40.5. The molecule has 2 saturated heterocycles. The standard InChI is InChI=1S/C44H53N11O4/c1-59-39-25-36(45)30(24-35(39)43(57)49-41-27-47-40-6-3-17-48-55(40)41)26-46-31-9-7-29(8-10-31)28-51-20-22-52(23-21-51)32-11-13-33(14-12-32)53-18-15-34-37(53)4-2-5-38(34)54-19-16-42(56)50-44(54)58/h2-6,15,17-18,24-27,29,31-33H,7-14,16,19-23,28,45H2,1H3,(H,49,57)(H,50,56,58). The highest BCUT2D eigenvalue weighted by atomic mass is 16.5. The van der Waals surface area contributed by atoms with Gasteiger partial charge in [-0.25, -0.2) is 9.78 Å². The maximum atomic E-state index is 13.4. The van der Waals surface area contributed by atoms with Gasteiger partial charge in [0, 0.05) is 105 Å². The molecule has 4 aliphatic rings. The largest absolute Gasteiger partial charge is 0.496 e. The van der Waals surface area contributed by atoms with Crippen LogP contribution in [-0.4, -0.2) is 111 Å².